The first-order chi connectivity index (χ1) is 9.40. The van der Waals surface area contributed by atoms with Crippen LogP contribution in [0.5, 0.6) is 0 Å². The zero-order valence-electron chi connectivity index (χ0n) is 14.1. The first-order valence-corrected chi connectivity index (χ1v) is 7.34. The van der Waals surface area contributed by atoms with Gasteiger partial charge in [0, 0.05) is 25.7 Å². The summed E-state index contributed by atoms with van der Waals surface area (Å²) < 4.78 is 5.25. The Bertz CT molecular complexity index is 408. The Morgan fingerprint density at radius 2 is 1.75 bits per heavy atom. The second kappa shape index (κ2) is 7.77. The van der Waals surface area contributed by atoms with Crippen molar-refractivity contribution in [3.05, 3.63) is 34.4 Å². The third-order valence-electron chi connectivity index (χ3n) is 4.07. The average Bonchev–Trinajstić information content (AvgIpc) is 2.36. The lowest BCUT2D eigenvalue weighted by molar-refractivity contribution is 0.110. The summed E-state index contributed by atoms with van der Waals surface area (Å²) in [4.78, 5) is 2.35. The predicted molar refractivity (Wildman–Crippen MR) is 86.4 cm³/mol. The van der Waals surface area contributed by atoms with E-state index >= 15 is 0 Å². The van der Waals surface area contributed by atoms with Crippen LogP contribution >= 0.6 is 0 Å². The Morgan fingerprint density at radius 1 is 1.20 bits per heavy atom. The Labute approximate surface area is 124 Å². The van der Waals surface area contributed by atoms with Crippen molar-refractivity contribution in [2.75, 3.05) is 34.4 Å². The molecule has 0 aromatic heterocycles. The standard InChI is InChI=1S/C17H30N2O/c1-12-8-13(2)17(14(3)9-12)16(18-5)10-19(6)15(4)11-20-7/h8-9,15-16,18H,10-11H2,1-7H3. The lowest BCUT2D eigenvalue weighted by Crippen LogP contribution is -2.39. The van der Waals surface area contributed by atoms with Crippen molar-refractivity contribution in [2.24, 2.45) is 0 Å². The lowest BCUT2D eigenvalue weighted by atomic mass is 9.93. The SMILES string of the molecule is CNC(CN(C)C(C)COC)c1c(C)cc(C)cc1C. The zero-order valence-corrected chi connectivity index (χ0v) is 14.1. The molecule has 0 radical (unpaired) electrons. The maximum absolute atomic E-state index is 5.25. The van der Waals surface area contributed by atoms with Gasteiger partial charge >= 0.3 is 0 Å². The van der Waals surface area contributed by atoms with Crippen molar-refractivity contribution in [1.82, 2.24) is 10.2 Å². The minimum atomic E-state index is 0.347. The van der Waals surface area contributed by atoms with Crippen LogP contribution in [0.1, 0.15) is 35.2 Å². The van der Waals surface area contributed by atoms with E-state index in [0.29, 0.717) is 12.1 Å². The normalized spacial score (nSPS) is 14.6. The second-order valence-corrected chi connectivity index (χ2v) is 5.90. The summed E-state index contributed by atoms with van der Waals surface area (Å²) >= 11 is 0. The molecular weight excluding hydrogens is 248 g/mol. The summed E-state index contributed by atoms with van der Waals surface area (Å²) in [5, 5.41) is 3.46. The van der Waals surface area contributed by atoms with Crippen LogP contribution in [0.3, 0.4) is 0 Å². The van der Waals surface area contributed by atoms with Crippen molar-refractivity contribution >= 4 is 0 Å². The van der Waals surface area contributed by atoms with Gasteiger partial charge < -0.3 is 10.1 Å². The Kier molecular flexibility index (Phi) is 6.66. The van der Waals surface area contributed by atoms with E-state index in [2.05, 4.69) is 57.1 Å². The number of hydrogen-bond donors (Lipinski definition) is 1. The number of benzene rings is 1. The third-order valence-corrected chi connectivity index (χ3v) is 4.07. The van der Waals surface area contributed by atoms with Crippen LogP contribution in [-0.4, -0.2) is 45.3 Å². The first kappa shape index (κ1) is 17.2. The van der Waals surface area contributed by atoms with Gasteiger partial charge in [-0.2, -0.15) is 0 Å². The molecule has 2 atom stereocenters. The fraction of sp³-hybridized carbons (Fsp3) is 0.647. The van der Waals surface area contributed by atoms with Crippen LogP contribution in [0.4, 0.5) is 0 Å². The number of likely N-dealkylation sites (N-methyl/N-ethyl adjacent to an activating group) is 2. The van der Waals surface area contributed by atoms with Gasteiger partial charge in [-0.1, -0.05) is 17.7 Å². The monoisotopic (exact) mass is 278 g/mol. The molecule has 20 heavy (non-hydrogen) atoms. The smallest absolute Gasteiger partial charge is 0.0615 e. The molecule has 0 saturated heterocycles. The maximum atomic E-state index is 5.25. The van der Waals surface area contributed by atoms with Gasteiger partial charge in [0.15, 0.2) is 0 Å². The Hall–Kier alpha value is -0.900. The van der Waals surface area contributed by atoms with Crippen LogP contribution < -0.4 is 5.32 Å². The summed E-state index contributed by atoms with van der Waals surface area (Å²) in [5.41, 5.74) is 5.50. The molecule has 0 aliphatic heterocycles. The molecule has 1 aromatic rings. The molecule has 0 aliphatic carbocycles. The summed E-state index contributed by atoms with van der Waals surface area (Å²) in [6.07, 6.45) is 0. The molecule has 2 unspecified atom stereocenters. The molecule has 0 heterocycles. The number of nitrogens with one attached hydrogen (secondary N) is 1. The summed E-state index contributed by atoms with van der Waals surface area (Å²) in [6.45, 7) is 10.5. The summed E-state index contributed by atoms with van der Waals surface area (Å²) in [5.74, 6) is 0. The molecule has 3 nitrogen and oxygen atoms in total. The van der Waals surface area contributed by atoms with Crippen LogP contribution in [0, 0.1) is 20.8 Å². The number of nitrogens with zero attached hydrogens (tertiary/aromatic N) is 1. The van der Waals surface area contributed by atoms with Gasteiger partial charge in [0.1, 0.15) is 0 Å². The van der Waals surface area contributed by atoms with E-state index in [1.807, 2.05) is 7.05 Å². The molecule has 3 heteroatoms. The van der Waals surface area contributed by atoms with Crippen LogP contribution in [0.15, 0.2) is 12.1 Å². The maximum Gasteiger partial charge on any atom is 0.0615 e. The van der Waals surface area contributed by atoms with Gasteiger partial charge in [0.25, 0.3) is 0 Å². The lowest BCUT2D eigenvalue weighted by Gasteiger charge is -2.30. The largest absolute Gasteiger partial charge is 0.383 e. The Balaban J connectivity index is 2.91. The molecule has 0 saturated carbocycles. The topological polar surface area (TPSA) is 24.5 Å². The van der Waals surface area contributed by atoms with Gasteiger partial charge in [-0.3, -0.25) is 4.90 Å². The zero-order chi connectivity index (χ0) is 15.3. The molecule has 114 valence electrons. The summed E-state index contributed by atoms with van der Waals surface area (Å²) in [6, 6.07) is 5.30. The van der Waals surface area contributed by atoms with Crippen molar-refractivity contribution in [3.8, 4) is 0 Å². The second-order valence-electron chi connectivity index (χ2n) is 5.90. The molecule has 0 spiro atoms. The van der Waals surface area contributed by atoms with Gasteiger partial charge in [0.2, 0.25) is 0 Å². The third kappa shape index (κ3) is 4.30. The Morgan fingerprint density at radius 3 is 2.20 bits per heavy atom. The molecule has 0 fully saturated rings. The number of ether oxygens (including phenoxy) is 1. The first-order valence-electron chi connectivity index (χ1n) is 7.34. The minimum absolute atomic E-state index is 0.347. The van der Waals surface area contributed by atoms with E-state index in [0.717, 1.165) is 13.2 Å². The average molecular weight is 278 g/mol. The van der Waals surface area contributed by atoms with Gasteiger partial charge in [-0.25, -0.2) is 0 Å². The van der Waals surface area contributed by atoms with E-state index in [9.17, 15) is 0 Å². The minimum Gasteiger partial charge on any atom is -0.383 e. The van der Waals surface area contributed by atoms with Crippen molar-refractivity contribution in [1.29, 1.82) is 0 Å². The predicted octanol–water partition coefficient (Wildman–Crippen LogP) is 2.84. The number of aryl methyl sites for hydroxylation is 3. The highest BCUT2D eigenvalue weighted by Crippen LogP contribution is 2.24. The molecular formula is C17H30N2O. The highest BCUT2D eigenvalue weighted by molar-refractivity contribution is 5.39. The fourth-order valence-corrected chi connectivity index (χ4v) is 2.90. The molecule has 1 N–H and O–H groups in total. The quantitative estimate of drug-likeness (QED) is 0.830. The van der Waals surface area contributed by atoms with Crippen molar-refractivity contribution in [2.45, 2.75) is 39.8 Å². The van der Waals surface area contributed by atoms with E-state index < -0.39 is 0 Å². The van der Waals surface area contributed by atoms with E-state index in [1.165, 1.54) is 22.3 Å². The van der Waals surface area contributed by atoms with Gasteiger partial charge in [-0.15, -0.1) is 0 Å². The van der Waals surface area contributed by atoms with Crippen molar-refractivity contribution in [3.63, 3.8) is 0 Å². The molecule has 0 aliphatic rings. The molecule has 0 bridgehead atoms. The van der Waals surface area contributed by atoms with E-state index in [-0.39, 0.29) is 0 Å². The highest BCUT2D eigenvalue weighted by atomic mass is 16.5. The van der Waals surface area contributed by atoms with Crippen LogP contribution in [0.25, 0.3) is 0 Å². The number of rotatable bonds is 7. The van der Waals surface area contributed by atoms with E-state index in [1.54, 1.807) is 7.11 Å². The van der Waals surface area contributed by atoms with E-state index in [4.69, 9.17) is 4.74 Å². The van der Waals surface area contributed by atoms with Crippen LogP contribution in [-0.2, 0) is 4.74 Å². The van der Waals surface area contributed by atoms with Gasteiger partial charge in [0.05, 0.1) is 6.61 Å². The molecule has 1 aromatic carbocycles. The highest BCUT2D eigenvalue weighted by Gasteiger charge is 2.19. The number of hydrogen-bond acceptors (Lipinski definition) is 3. The van der Waals surface area contributed by atoms with Crippen molar-refractivity contribution < 1.29 is 4.74 Å². The summed E-state index contributed by atoms with van der Waals surface area (Å²) in [7, 11) is 5.96. The number of methoxy groups -OCH3 is 1. The molecule has 1 rings (SSSR count). The fourth-order valence-electron chi connectivity index (χ4n) is 2.90. The van der Waals surface area contributed by atoms with Crippen LogP contribution in [0.2, 0.25) is 0 Å². The molecule has 0 amide bonds. The van der Waals surface area contributed by atoms with Gasteiger partial charge in [-0.05, 0) is 58.5 Å².